The number of aryl methyl sites for hydroxylation is 1. The average molecular weight is 399 g/mol. The molecular weight excluding hydrogens is 378 g/mol. The highest BCUT2D eigenvalue weighted by Crippen LogP contribution is 2.30. The van der Waals surface area contributed by atoms with Crippen LogP contribution < -0.4 is 14.5 Å². The van der Waals surface area contributed by atoms with E-state index in [1.54, 1.807) is 18.0 Å². The molecule has 0 unspecified atom stereocenters. The second kappa shape index (κ2) is 7.03. The molecule has 1 N–H and O–H groups in total. The lowest BCUT2D eigenvalue weighted by Gasteiger charge is -2.29. The summed E-state index contributed by atoms with van der Waals surface area (Å²) in [7, 11) is -2.19. The molecule has 2 amide bonds. The summed E-state index contributed by atoms with van der Waals surface area (Å²) in [5, 5.41) is 0. The molecule has 2 aromatic carbocycles. The summed E-state index contributed by atoms with van der Waals surface area (Å²) >= 11 is 0. The average Bonchev–Trinajstić information content (AvgIpc) is 2.99. The number of anilines is 2. The van der Waals surface area contributed by atoms with Crippen LogP contribution in [0.5, 0.6) is 0 Å². The Kier molecular flexibility index (Phi) is 4.68. The third-order valence-electron chi connectivity index (χ3n) is 5.26. The molecule has 0 aromatic heterocycles. The van der Waals surface area contributed by atoms with Gasteiger partial charge in [-0.2, -0.15) is 0 Å². The van der Waals surface area contributed by atoms with Crippen LogP contribution in [-0.4, -0.2) is 40.4 Å². The summed E-state index contributed by atoms with van der Waals surface area (Å²) in [6.45, 7) is 0.261. The van der Waals surface area contributed by atoms with Crippen LogP contribution in [0.15, 0.2) is 47.4 Å². The number of carbonyl (C=O) groups is 2. The monoisotopic (exact) mass is 399 g/mol. The van der Waals surface area contributed by atoms with Crippen LogP contribution in [0.25, 0.3) is 0 Å². The Hall–Kier alpha value is -2.71. The van der Waals surface area contributed by atoms with E-state index < -0.39 is 10.0 Å². The van der Waals surface area contributed by atoms with Crippen molar-refractivity contribution in [1.82, 2.24) is 4.72 Å². The Bertz CT molecular complexity index is 1060. The third-order valence-corrected chi connectivity index (χ3v) is 6.66. The number of nitrogens with one attached hydrogen (secondary N) is 1. The van der Waals surface area contributed by atoms with Crippen molar-refractivity contribution in [2.75, 3.05) is 29.9 Å². The van der Waals surface area contributed by atoms with Crippen molar-refractivity contribution in [3.05, 3.63) is 53.6 Å². The van der Waals surface area contributed by atoms with Gasteiger partial charge in [0.1, 0.15) is 0 Å². The molecule has 0 radical (unpaired) electrons. The number of amides is 2. The molecule has 0 fully saturated rings. The highest BCUT2D eigenvalue weighted by atomic mass is 32.2. The SMILES string of the molecule is CN1C(=O)Cc2cc(S(=O)(=O)NCC(=O)N3CCCc4ccccc43)ccc21. The third kappa shape index (κ3) is 3.29. The maximum atomic E-state index is 12.7. The zero-order chi connectivity index (χ0) is 19.9. The van der Waals surface area contributed by atoms with E-state index in [9.17, 15) is 18.0 Å². The van der Waals surface area contributed by atoms with Gasteiger partial charge in [-0.1, -0.05) is 18.2 Å². The number of para-hydroxylation sites is 1. The van der Waals surface area contributed by atoms with Crippen molar-refractivity contribution >= 4 is 33.2 Å². The van der Waals surface area contributed by atoms with E-state index in [0.717, 1.165) is 24.1 Å². The molecule has 7 nitrogen and oxygen atoms in total. The van der Waals surface area contributed by atoms with Crippen LogP contribution in [0.2, 0.25) is 0 Å². The maximum absolute atomic E-state index is 12.7. The minimum absolute atomic E-state index is 0.0567. The fourth-order valence-corrected chi connectivity index (χ4v) is 4.77. The van der Waals surface area contributed by atoms with E-state index in [1.165, 1.54) is 17.0 Å². The smallest absolute Gasteiger partial charge is 0.242 e. The largest absolute Gasteiger partial charge is 0.315 e. The topological polar surface area (TPSA) is 86.8 Å². The van der Waals surface area contributed by atoms with Gasteiger partial charge in [0.15, 0.2) is 0 Å². The number of fused-ring (bicyclic) bond motifs is 2. The zero-order valence-corrected chi connectivity index (χ0v) is 16.3. The van der Waals surface area contributed by atoms with E-state index in [0.29, 0.717) is 17.8 Å². The number of hydrogen-bond donors (Lipinski definition) is 1. The number of sulfonamides is 1. The Morgan fingerprint density at radius 3 is 2.71 bits per heavy atom. The number of carbonyl (C=O) groups excluding carboxylic acids is 2. The maximum Gasteiger partial charge on any atom is 0.242 e. The molecule has 0 atom stereocenters. The fourth-order valence-electron chi connectivity index (χ4n) is 3.74. The summed E-state index contributed by atoms with van der Waals surface area (Å²) in [4.78, 5) is 27.7. The molecule has 0 spiro atoms. The van der Waals surface area contributed by atoms with Gasteiger partial charge in [0, 0.05) is 25.0 Å². The highest BCUT2D eigenvalue weighted by Gasteiger charge is 2.27. The fraction of sp³-hybridized carbons (Fsp3) is 0.300. The zero-order valence-electron chi connectivity index (χ0n) is 15.5. The molecule has 146 valence electrons. The Labute approximate surface area is 164 Å². The predicted octanol–water partition coefficient (Wildman–Crippen LogP) is 1.46. The van der Waals surface area contributed by atoms with Gasteiger partial charge in [-0.15, -0.1) is 0 Å². The number of hydrogen-bond acceptors (Lipinski definition) is 4. The van der Waals surface area contributed by atoms with Gasteiger partial charge in [0.2, 0.25) is 21.8 Å². The summed E-state index contributed by atoms with van der Waals surface area (Å²) < 4.78 is 27.7. The molecule has 4 rings (SSSR count). The van der Waals surface area contributed by atoms with Crippen molar-refractivity contribution in [2.45, 2.75) is 24.2 Å². The Balaban J connectivity index is 1.49. The standard InChI is InChI=1S/C20H21N3O4S/c1-22-17-9-8-16(11-15(17)12-19(22)24)28(26,27)21-13-20(25)23-10-4-6-14-5-2-3-7-18(14)23/h2-3,5,7-9,11,21H,4,6,10,12-13H2,1H3. The minimum Gasteiger partial charge on any atom is -0.315 e. The summed E-state index contributed by atoms with van der Waals surface area (Å²) in [6, 6.07) is 12.3. The molecule has 0 saturated heterocycles. The van der Waals surface area contributed by atoms with Crippen LogP contribution in [0.3, 0.4) is 0 Å². The van der Waals surface area contributed by atoms with Gasteiger partial charge >= 0.3 is 0 Å². The molecule has 8 heteroatoms. The molecule has 0 saturated carbocycles. The number of nitrogens with zero attached hydrogens (tertiary/aromatic N) is 2. The van der Waals surface area contributed by atoms with E-state index in [1.807, 2.05) is 24.3 Å². The van der Waals surface area contributed by atoms with Gasteiger partial charge < -0.3 is 9.80 Å². The molecule has 2 heterocycles. The van der Waals surface area contributed by atoms with E-state index in [-0.39, 0.29) is 29.7 Å². The van der Waals surface area contributed by atoms with Crippen molar-refractivity contribution in [3.63, 3.8) is 0 Å². The van der Waals surface area contributed by atoms with E-state index in [2.05, 4.69) is 4.72 Å². The van der Waals surface area contributed by atoms with Crippen LogP contribution in [-0.2, 0) is 32.5 Å². The van der Waals surface area contributed by atoms with Crippen LogP contribution in [0.4, 0.5) is 11.4 Å². The summed E-state index contributed by atoms with van der Waals surface area (Å²) in [5.74, 6) is -0.358. The van der Waals surface area contributed by atoms with Gasteiger partial charge in [-0.3, -0.25) is 9.59 Å². The molecular formula is C20H21N3O4S. The van der Waals surface area contributed by atoms with Gasteiger partial charge in [0.25, 0.3) is 0 Å². The first-order valence-electron chi connectivity index (χ1n) is 9.14. The number of benzene rings is 2. The first kappa shape index (κ1) is 18.6. The Morgan fingerprint density at radius 2 is 1.89 bits per heavy atom. The van der Waals surface area contributed by atoms with Crippen LogP contribution >= 0.6 is 0 Å². The summed E-state index contributed by atoms with van der Waals surface area (Å²) in [6.07, 6.45) is 1.94. The van der Waals surface area contributed by atoms with Crippen LogP contribution in [0.1, 0.15) is 17.5 Å². The van der Waals surface area contributed by atoms with Crippen molar-refractivity contribution in [1.29, 1.82) is 0 Å². The first-order chi connectivity index (χ1) is 13.4. The van der Waals surface area contributed by atoms with E-state index >= 15 is 0 Å². The second-order valence-electron chi connectivity index (χ2n) is 7.02. The van der Waals surface area contributed by atoms with Crippen molar-refractivity contribution in [3.8, 4) is 0 Å². The van der Waals surface area contributed by atoms with Crippen LogP contribution in [0, 0.1) is 0 Å². The first-order valence-corrected chi connectivity index (χ1v) is 10.6. The highest BCUT2D eigenvalue weighted by molar-refractivity contribution is 7.89. The lowest BCUT2D eigenvalue weighted by atomic mass is 10.0. The lowest BCUT2D eigenvalue weighted by molar-refractivity contribution is -0.118. The Morgan fingerprint density at radius 1 is 1.11 bits per heavy atom. The summed E-state index contributed by atoms with van der Waals surface area (Å²) in [5.41, 5.74) is 3.33. The van der Waals surface area contributed by atoms with E-state index in [4.69, 9.17) is 0 Å². The second-order valence-corrected chi connectivity index (χ2v) is 8.79. The lowest BCUT2D eigenvalue weighted by Crippen LogP contribution is -2.42. The molecule has 0 bridgehead atoms. The van der Waals surface area contributed by atoms with Crippen molar-refractivity contribution in [2.24, 2.45) is 0 Å². The minimum atomic E-state index is -3.86. The van der Waals surface area contributed by atoms with Crippen molar-refractivity contribution < 1.29 is 18.0 Å². The van der Waals surface area contributed by atoms with Gasteiger partial charge in [-0.05, 0) is 48.2 Å². The quantitative estimate of drug-likeness (QED) is 0.843. The number of rotatable bonds is 4. The number of likely N-dealkylation sites (N-methyl/N-ethyl adjacent to an activating group) is 1. The van der Waals surface area contributed by atoms with Gasteiger partial charge in [0.05, 0.1) is 17.9 Å². The van der Waals surface area contributed by atoms with Gasteiger partial charge in [-0.25, -0.2) is 13.1 Å². The molecule has 2 aliphatic rings. The molecule has 28 heavy (non-hydrogen) atoms. The molecule has 2 aromatic rings. The normalized spacial score (nSPS) is 16.1. The predicted molar refractivity (Wildman–Crippen MR) is 106 cm³/mol. The molecule has 2 aliphatic heterocycles. The molecule has 0 aliphatic carbocycles.